The van der Waals surface area contributed by atoms with Crippen molar-refractivity contribution in [3.05, 3.63) is 41.5 Å². The van der Waals surface area contributed by atoms with Crippen LogP contribution in [0.2, 0.25) is 0 Å². The topological polar surface area (TPSA) is 60.4 Å². The Balaban J connectivity index is 1.88. The Morgan fingerprint density at radius 2 is 1.87 bits per heavy atom. The number of allylic oxidation sites excluding steroid dienone is 1. The summed E-state index contributed by atoms with van der Waals surface area (Å²) in [5.74, 6) is 0.138. The maximum atomic E-state index is 12.6. The standard InChI is InChI=1S/C18H22O4S/c1-13-6-8-16(9-7-13)23(20,21)22-17-5-3-4-14-12-15(19)10-11-18(14,17)2/h6-9,12,17H,3-5,10-11H2,1-2H3/t17-,18-/m1/s1. The summed E-state index contributed by atoms with van der Waals surface area (Å²) in [7, 11) is -3.79. The van der Waals surface area contributed by atoms with Gasteiger partial charge in [-0.3, -0.25) is 8.98 Å². The third-order valence-corrected chi connectivity index (χ3v) is 6.47. The predicted molar refractivity (Wildman–Crippen MR) is 87.5 cm³/mol. The van der Waals surface area contributed by atoms with E-state index in [1.807, 2.05) is 13.8 Å². The second-order valence-corrected chi connectivity index (χ2v) is 8.37. The average molecular weight is 334 g/mol. The number of carbonyl (C=O) groups excluding carboxylic acids is 1. The molecule has 2 aliphatic rings. The molecular formula is C18H22O4S. The fraction of sp³-hybridized carbons (Fsp3) is 0.500. The number of rotatable bonds is 3. The van der Waals surface area contributed by atoms with Gasteiger partial charge in [-0.15, -0.1) is 0 Å². The van der Waals surface area contributed by atoms with Gasteiger partial charge in [-0.05, 0) is 50.8 Å². The molecule has 0 N–H and O–H groups in total. The minimum absolute atomic E-state index is 0.138. The van der Waals surface area contributed by atoms with Gasteiger partial charge in [0.15, 0.2) is 5.78 Å². The van der Waals surface area contributed by atoms with Crippen molar-refractivity contribution in [3.63, 3.8) is 0 Å². The molecule has 0 saturated heterocycles. The number of aryl methyl sites for hydroxylation is 1. The summed E-state index contributed by atoms with van der Waals surface area (Å²) in [6.07, 6.45) is 4.83. The monoisotopic (exact) mass is 334 g/mol. The van der Waals surface area contributed by atoms with E-state index < -0.39 is 16.2 Å². The number of fused-ring (bicyclic) bond motifs is 1. The highest BCUT2D eigenvalue weighted by molar-refractivity contribution is 7.86. The Bertz CT molecular complexity index is 746. The summed E-state index contributed by atoms with van der Waals surface area (Å²) in [6, 6.07) is 6.70. The Morgan fingerprint density at radius 1 is 1.17 bits per heavy atom. The SMILES string of the molecule is Cc1ccc(S(=O)(=O)O[C@@H]2CCCC3=CC(=O)CC[C@]32C)cc1. The van der Waals surface area contributed by atoms with Gasteiger partial charge in [0, 0.05) is 11.8 Å². The lowest BCUT2D eigenvalue weighted by Gasteiger charge is -2.44. The third kappa shape index (κ3) is 3.12. The number of hydrogen-bond donors (Lipinski definition) is 0. The zero-order valence-corrected chi connectivity index (χ0v) is 14.4. The van der Waals surface area contributed by atoms with Gasteiger partial charge >= 0.3 is 0 Å². The smallest absolute Gasteiger partial charge is 0.295 e. The van der Waals surface area contributed by atoms with Crippen LogP contribution in [0.4, 0.5) is 0 Å². The van der Waals surface area contributed by atoms with Crippen molar-refractivity contribution < 1.29 is 17.4 Å². The van der Waals surface area contributed by atoms with Crippen LogP contribution in [-0.2, 0) is 19.1 Å². The molecule has 0 aliphatic heterocycles. The zero-order chi connectivity index (χ0) is 16.7. The van der Waals surface area contributed by atoms with E-state index in [1.54, 1.807) is 30.3 Å². The van der Waals surface area contributed by atoms with Gasteiger partial charge in [0.25, 0.3) is 10.1 Å². The van der Waals surface area contributed by atoms with Crippen LogP contribution < -0.4 is 0 Å². The summed E-state index contributed by atoms with van der Waals surface area (Å²) in [5, 5.41) is 0. The summed E-state index contributed by atoms with van der Waals surface area (Å²) >= 11 is 0. The normalized spacial score (nSPS) is 28.2. The highest BCUT2D eigenvalue weighted by Crippen LogP contribution is 2.48. The summed E-state index contributed by atoms with van der Waals surface area (Å²) in [6.45, 7) is 3.94. The van der Waals surface area contributed by atoms with Gasteiger partial charge < -0.3 is 0 Å². The van der Waals surface area contributed by atoms with Crippen molar-refractivity contribution in [2.45, 2.75) is 57.0 Å². The maximum absolute atomic E-state index is 12.6. The molecule has 2 aliphatic carbocycles. The minimum atomic E-state index is -3.79. The fourth-order valence-corrected chi connectivity index (χ4v) is 4.76. The molecule has 0 aromatic heterocycles. The van der Waals surface area contributed by atoms with E-state index >= 15 is 0 Å². The first-order valence-corrected chi connectivity index (χ1v) is 9.46. The molecule has 0 amide bonds. The molecular weight excluding hydrogens is 312 g/mol. The predicted octanol–water partition coefficient (Wildman–Crippen LogP) is 3.55. The molecule has 5 heteroatoms. The molecule has 1 saturated carbocycles. The van der Waals surface area contributed by atoms with E-state index in [9.17, 15) is 13.2 Å². The second-order valence-electron chi connectivity index (χ2n) is 6.80. The summed E-state index contributed by atoms with van der Waals surface area (Å²) in [5.41, 5.74) is 1.69. The molecule has 23 heavy (non-hydrogen) atoms. The Hall–Kier alpha value is -1.46. The highest BCUT2D eigenvalue weighted by Gasteiger charge is 2.45. The molecule has 2 atom stereocenters. The average Bonchev–Trinajstić information content (AvgIpc) is 2.49. The van der Waals surface area contributed by atoms with Crippen LogP contribution in [0.3, 0.4) is 0 Å². The van der Waals surface area contributed by atoms with Crippen LogP contribution in [0.15, 0.2) is 40.8 Å². The summed E-state index contributed by atoms with van der Waals surface area (Å²) in [4.78, 5) is 11.9. The van der Waals surface area contributed by atoms with Crippen molar-refractivity contribution >= 4 is 15.9 Å². The van der Waals surface area contributed by atoms with E-state index in [0.29, 0.717) is 19.3 Å². The number of benzene rings is 1. The van der Waals surface area contributed by atoms with Crippen molar-refractivity contribution in [3.8, 4) is 0 Å². The van der Waals surface area contributed by atoms with Gasteiger partial charge in [0.1, 0.15) is 0 Å². The number of carbonyl (C=O) groups is 1. The first-order valence-electron chi connectivity index (χ1n) is 8.05. The van der Waals surface area contributed by atoms with Crippen LogP contribution >= 0.6 is 0 Å². The van der Waals surface area contributed by atoms with Gasteiger partial charge in [0.05, 0.1) is 11.0 Å². The van der Waals surface area contributed by atoms with Crippen LogP contribution in [0.1, 0.15) is 44.6 Å². The van der Waals surface area contributed by atoms with E-state index in [-0.39, 0.29) is 16.1 Å². The third-order valence-electron chi connectivity index (χ3n) is 5.14. The van der Waals surface area contributed by atoms with E-state index in [2.05, 4.69) is 0 Å². The molecule has 0 bridgehead atoms. The molecule has 0 heterocycles. The van der Waals surface area contributed by atoms with E-state index in [0.717, 1.165) is 24.0 Å². The number of ketones is 1. The molecule has 1 aromatic carbocycles. The first-order chi connectivity index (χ1) is 10.8. The molecule has 0 spiro atoms. The number of hydrogen-bond acceptors (Lipinski definition) is 4. The van der Waals surface area contributed by atoms with Crippen molar-refractivity contribution in [1.29, 1.82) is 0 Å². The molecule has 3 rings (SSSR count). The van der Waals surface area contributed by atoms with Crippen molar-refractivity contribution in [2.24, 2.45) is 5.41 Å². The summed E-state index contributed by atoms with van der Waals surface area (Å²) < 4.78 is 30.8. The van der Waals surface area contributed by atoms with Gasteiger partial charge in [0.2, 0.25) is 0 Å². The van der Waals surface area contributed by atoms with Gasteiger partial charge in [-0.25, -0.2) is 0 Å². The largest absolute Gasteiger partial charge is 0.297 e. The molecule has 124 valence electrons. The molecule has 4 nitrogen and oxygen atoms in total. The second kappa shape index (κ2) is 5.87. The Labute approximate surface area is 137 Å². The van der Waals surface area contributed by atoms with E-state index in [4.69, 9.17) is 4.18 Å². The van der Waals surface area contributed by atoms with Gasteiger partial charge in [-0.2, -0.15) is 8.42 Å². The van der Waals surface area contributed by atoms with Crippen LogP contribution in [-0.4, -0.2) is 20.3 Å². The van der Waals surface area contributed by atoms with Crippen molar-refractivity contribution in [1.82, 2.24) is 0 Å². The lowest BCUT2D eigenvalue weighted by atomic mass is 9.64. The molecule has 0 unspecified atom stereocenters. The zero-order valence-electron chi connectivity index (χ0n) is 13.5. The Kier molecular flexibility index (Phi) is 4.19. The van der Waals surface area contributed by atoms with Crippen molar-refractivity contribution in [2.75, 3.05) is 0 Å². The van der Waals surface area contributed by atoms with Gasteiger partial charge in [-0.1, -0.05) is 30.2 Å². The van der Waals surface area contributed by atoms with Crippen LogP contribution in [0, 0.1) is 12.3 Å². The fourth-order valence-electron chi connectivity index (χ4n) is 3.56. The maximum Gasteiger partial charge on any atom is 0.297 e. The molecule has 1 aromatic rings. The quantitative estimate of drug-likeness (QED) is 0.793. The Morgan fingerprint density at radius 3 is 2.57 bits per heavy atom. The highest BCUT2D eigenvalue weighted by atomic mass is 32.2. The first kappa shape index (κ1) is 16.4. The van der Waals surface area contributed by atoms with Crippen LogP contribution in [0.5, 0.6) is 0 Å². The lowest BCUT2D eigenvalue weighted by molar-refractivity contribution is -0.116. The molecule has 1 fully saturated rings. The molecule has 0 radical (unpaired) electrons. The van der Waals surface area contributed by atoms with E-state index in [1.165, 1.54) is 0 Å². The lowest BCUT2D eigenvalue weighted by Crippen LogP contribution is -2.43. The van der Waals surface area contributed by atoms with Crippen LogP contribution in [0.25, 0.3) is 0 Å². The minimum Gasteiger partial charge on any atom is -0.295 e.